The van der Waals surface area contributed by atoms with E-state index in [1.54, 1.807) is 6.92 Å². The first kappa shape index (κ1) is 39.0. The zero-order valence-corrected chi connectivity index (χ0v) is 30.2. The van der Waals surface area contributed by atoms with Gasteiger partial charge in [0.2, 0.25) is 0 Å². The molecule has 0 aromatic heterocycles. The average molecular weight is 707 g/mol. The molecule has 2 aliphatic carbocycles. The van der Waals surface area contributed by atoms with Crippen molar-refractivity contribution in [2.75, 3.05) is 13.2 Å². The lowest BCUT2D eigenvalue weighted by Crippen LogP contribution is -2.72. The first-order chi connectivity index (χ1) is 23.2. The summed E-state index contributed by atoms with van der Waals surface area (Å²) in [5, 5.41) is 12.9. The summed E-state index contributed by atoms with van der Waals surface area (Å²) >= 11 is 0. The summed E-state index contributed by atoms with van der Waals surface area (Å²) in [4.78, 5) is 77.6. The van der Waals surface area contributed by atoms with E-state index in [0.717, 1.165) is 6.92 Å². The Labute approximate surface area is 292 Å². The van der Waals surface area contributed by atoms with Crippen LogP contribution in [0.15, 0.2) is 23.8 Å². The van der Waals surface area contributed by atoms with Gasteiger partial charge in [-0.1, -0.05) is 40.7 Å². The van der Waals surface area contributed by atoms with Gasteiger partial charge < -0.3 is 38.3 Å². The number of fused-ring (bicyclic) bond motifs is 3. The molecular weight excluding hydrogens is 656 g/mol. The largest absolute Gasteiger partial charge is 0.461 e. The molecule has 8 unspecified atom stereocenters. The molecule has 0 aromatic rings. The molecule has 2 heterocycles. The van der Waals surface area contributed by atoms with Gasteiger partial charge in [0, 0.05) is 46.0 Å². The van der Waals surface area contributed by atoms with Gasteiger partial charge in [-0.15, -0.1) is 0 Å². The Morgan fingerprint density at radius 1 is 0.900 bits per heavy atom. The van der Waals surface area contributed by atoms with Crippen molar-refractivity contribution in [2.24, 2.45) is 29.1 Å². The molecule has 278 valence electrons. The van der Waals surface area contributed by atoms with Crippen LogP contribution in [0.25, 0.3) is 0 Å². The van der Waals surface area contributed by atoms with Crippen LogP contribution in [0.3, 0.4) is 0 Å². The van der Waals surface area contributed by atoms with Crippen LogP contribution in [0.4, 0.5) is 0 Å². The Morgan fingerprint density at radius 3 is 1.96 bits per heavy atom. The number of esters is 6. The molecule has 2 saturated heterocycles. The lowest BCUT2D eigenvalue weighted by Gasteiger charge is -2.57. The second-order valence-electron chi connectivity index (χ2n) is 14.9. The number of carbonyl (C=O) groups is 6. The minimum atomic E-state index is -2.31. The molecule has 2 aliphatic heterocycles. The molecule has 50 heavy (non-hydrogen) atoms. The van der Waals surface area contributed by atoms with E-state index < -0.39 is 94.8 Å². The van der Waals surface area contributed by atoms with Gasteiger partial charge in [0.25, 0.3) is 0 Å². The number of hydrogen-bond donors (Lipinski definition) is 1. The van der Waals surface area contributed by atoms with Gasteiger partial charge in [-0.05, 0) is 36.5 Å². The van der Waals surface area contributed by atoms with Crippen molar-refractivity contribution in [2.45, 2.75) is 123 Å². The maximum absolute atomic E-state index is 13.5. The molecule has 0 bridgehead atoms. The fourth-order valence-electron chi connectivity index (χ4n) is 7.60. The van der Waals surface area contributed by atoms with Crippen molar-refractivity contribution in [3.05, 3.63) is 23.8 Å². The quantitative estimate of drug-likeness (QED) is 0.198. The van der Waals surface area contributed by atoms with E-state index >= 15 is 0 Å². The van der Waals surface area contributed by atoms with Crippen LogP contribution in [0.5, 0.6) is 0 Å². The van der Waals surface area contributed by atoms with Gasteiger partial charge in [-0.25, -0.2) is 0 Å². The standard InChI is InChI=1S/C36H50O14/c1-18(2)12-29(40)48-26-15-27(49-30(41)13-19(3)4)35(17-45-35)31-32(47-23(8)39)36(43)20(5)33(42)50-28(36)14-24(16-44-21(6)37)10-11-25(34(26,31)9)46-22(7)38/h10-11,14,18-20,25-28,31-32,43H,12-13,15-17H2,1-9H3/b11-10-,24-14+/t20?,25-,26?,27?,28?,31?,32?,34-,35?,36?/m0/s1. The highest BCUT2D eigenvalue weighted by Gasteiger charge is 2.78. The lowest BCUT2D eigenvalue weighted by atomic mass is 9.52. The molecule has 0 aromatic carbocycles. The number of carbonyl (C=O) groups excluding carboxylic acids is 6. The molecule has 3 fully saturated rings. The molecule has 1 saturated carbocycles. The van der Waals surface area contributed by atoms with E-state index in [0.29, 0.717) is 0 Å². The first-order valence-corrected chi connectivity index (χ1v) is 17.1. The molecular formula is C36H50O14. The van der Waals surface area contributed by atoms with Gasteiger partial charge >= 0.3 is 35.8 Å². The Bertz CT molecular complexity index is 1430. The van der Waals surface area contributed by atoms with Crippen molar-refractivity contribution in [3.8, 4) is 0 Å². The van der Waals surface area contributed by atoms with Crippen molar-refractivity contribution in [3.63, 3.8) is 0 Å². The van der Waals surface area contributed by atoms with Crippen molar-refractivity contribution >= 4 is 35.8 Å². The monoisotopic (exact) mass is 706 g/mol. The highest BCUT2D eigenvalue weighted by Crippen LogP contribution is 2.62. The zero-order valence-electron chi connectivity index (χ0n) is 30.2. The number of epoxide rings is 1. The van der Waals surface area contributed by atoms with Crippen LogP contribution < -0.4 is 0 Å². The van der Waals surface area contributed by atoms with Crippen LogP contribution >= 0.6 is 0 Å². The van der Waals surface area contributed by atoms with Gasteiger partial charge in [0.1, 0.15) is 36.6 Å². The normalized spacial score (nSPS) is 37.7. The van der Waals surface area contributed by atoms with E-state index in [2.05, 4.69) is 0 Å². The second kappa shape index (κ2) is 14.8. The van der Waals surface area contributed by atoms with Crippen molar-refractivity contribution in [1.82, 2.24) is 0 Å². The van der Waals surface area contributed by atoms with E-state index in [4.69, 9.17) is 33.2 Å². The Morgan fingerprint density at radius 2 is 1.46 bits per heavy atom. The molecule has 0 radical (unpaired) electrons. The van der Waals surface area contributed by atoms with Gasteiger partial charge in [-0.3, -0.25) is 28.8 Å². The summed E-state index contributed by atoms with van der Waals surface area (Å²) in [6, 6.07) is 0. The Kier molecular flexibility index (Phi) is 11.6. The fourth-order valence-corrected chi connectivity index (χ4v) is 7.60. The van der Waals surface area contributed by atoms with E-state index in [1.807, 2.05) is 27.7 Å². The van der Waals surface area contributed by atoms with Crippen molar-refractivity contribution < 1.29 is 67.0 Å². The summed E-state index contributed by atoms with van der Waals surface area (Å²) < 4.78 is 41.4. The van der Waals surface area contributed by atoms with E-state index in [-0.39, 0.29) is 49.9 Å². The summed E-state index contributed by atoms with van der Waals surface area (Å²) in [5.41, 5.74) is -5.09. The minimum Gasteiger partial charge on any atom is -0.461 e. The minimum absolute atomic E-state index is 0.0266. The second-order valence-corrected chi connectivity index (χ2v) is 14.9. The highest BCUT2D eigenvalue weighted by molar-refractivity contribution is 5.78. The third kappa shape index (κ3) is 7.75. The lowest BCUT2D eigenvalue weighted by molar-refractivity contribution is -0.253. The Hall–Kier alpha value is -3.78. The maximum atomic E-state index is 13.5. The summed E-state index contributed by atoms with van der Waals surface area (Å²) in [7, 11) is 0. The fraction of sp³-hybridized carbons (Fsp3) is 0.722. The van der Waals surface area contributed by atoms with Gasteiger partial charge in [0.15, 0.2) is 11.7 Å². The molecule has 1 N–H and O–H groups in total. The highest BCUT2D eigenvalue weighted by atomic mass is 16.6. The van der Waals surface area contributed by atoms with E-state index in [9.17, 15) is 33.9 Å². The molecule has 1 spiro atoms. The number of rotatable bonds is 10. The third-order valence-corrected chi connectivity index (χ3v) is 10.0. The topological polar surface area (TPSA) is 191 Å². The van der Waals surface area contributed by atoms with Crippen molar-refractivity contribution in [1.29, 1.82) is 0 Å². The van der Waals surface area contributed by atoms with Crippen LogP contribution in [0.1, 0.15) is 81.6 Å². The van der Waals surface area contributed by atoms with Gasteiger partial charge in [0.05, 0.1) is 17.9 Å². The predicted octanol–water partition coefficient (Wildman–Crippen LogP) is 2.91. The van der Waals surface area contributed by atoms with Crippen LogP contribution in [-0.2, 0) is 61.9 Å². The first-order valence-electron chi connectivity index (χ1n) is 17.1. The summed E-state index contributed by atoms with van der Waals surface area (Å²) in [5.74, 6) is -6.78. The van der Waals surface area contributed by atoms with Crippen LogP contribution in [-0.4, -0.2) is 95.9 Å². The number of aliphatic hydroxyl groups is 1. The SMILES string of the molecule is CC(=O)OCC1=C/C2OC(=O)C(C)C2(O)C(OC(C)=O)C2C3(CO3)C(OC(=O)CC(C)C)CC(OC(=O)CC(C)C)[C@]2(C)[C@@H](OC(C)=O)/C=C\1. The molecule has 14 nitrogen and oxygen atoms in total. The average Bonchev–Trinajstić information content (AvgIpc) is 3.73. The van der Waals surface area contributed by atoms with Crippen LogP contribution in [0.2, 0.25) is 0 Å². The predicted molar refractivity (Wildman–Crippen MR) is 173 cm³/mol. The molecule has 14 heteroatoms. The zero-order chi connectivity index (χ0) is 37.3. The van der Waals surface area contributed by atoms with Crippen LogP contribution in [0, 0.1) is 29.1 Å². The molecule has 4 aliphatic rings. The van der Waals surface area contributed by atoms with Gasteiger partial charge in [-0.2, -0.15) is 0 Å². The molecule has 4 rings (SSSR count). The smallest absolute Gasteiger partial charge is 0.312 e. The third-order valence-electron chi connectivity index (χ3n) is 10.0. The Balaban J connectivity index is 2.06. The number of ether oxygens (including phenoxy) is 7. The summed E-state index contributed by atoms with van der Waals surface area (Å²) in [6.07, 6.45) is -2.22. The number of hydrogen-bond acceptors (Lipinski definition) is 14. The van der Waals surface area contributed by atoms with E-state index in [1.165, 1.54) is 39.0 Å². The summed E-state index contributed by atoms with van der Waals surface area (Å²) in [6.45, 7) is 13.6. The maximum Gasteiger partial charge on any atom is 0.312 e. The molecule has 10 atom stereocenters. The molecule has 0 amide bonds.